The minimum absolute atomic E-state index is 0.0296. The Labute approximate surface area is 119 Å². The van der Waals surface area contributed by atoms with Crippen molar-refractivity contribution < 1.29 is 0 Å². The van der Waals surface area contributed by atoms with Gasteiger partial charge in [-0.2, -0.15) is 0 Å². The Morgan fingerprint density at radius 3 is 2.72 bits per heavy atom. The van der Waals surface area contributed by atoms with Crippen LogP contribution in [0.4, 0.5) is 0 Å². The van der Waals surface area contributed by atoms with E-state index < -0.39 is 0 Å². The molecule has 0 aliphatic heterocycles. The van der Waals surface area contributed by atoms with Gasteiger partial charge in [0, 0.05) is 12.1 Å². The Hall–Kier alpha value is -0.910. The van der Waals surface area contributed by atoms with Crippen LogP contribution in [0.15, 0.2) is 28.9 Å². The summed E-state index contributed by atoms with van der Waals surface area (Å²) in [5.41, 5.74) is 1.98. The second kappa shape index (κ2) is 5.82. The molecule has 1 heterocycles. The van der Waals surface area contributed by atoms with Crippen LogP contribution in [-0.2, 0) is 7.05 Å². The Morgan fingerprint density at radius 1 is 1.44 bits per heavy atom. The van der Waals surface area contributed by atoms with Crippen molar-refractivity contribution in [2.75, 3.05) is 6.54 Å². The maximum absolute atomic E-state index is 6.27. The van der Waals surface area contributed by atoms with Crippen molar-refractivity contribution in [2.24, 2.45) is 7.05 Å². The molecule has 0 aliphatic rings. The van der Waals surface area contributed by atoms with Gasteiger partial charge in [-0.3, -0.25) is 0 Å². The van der Waals surface area contributed by atoms with Crippen LogP contribution in [0.5, 0.6) is 0 Å². The zero-order valence-electron chi connectivity index (χ0n) is 10.2. The first-order chi connectivity index (χ1) is 8.65. The molecule has 4 nitrogen and oxygen atoms in total. The first kappa shape index (κ1) is 13.5. The number of benzene rings is 1. The van der Waals surface area contributed by atoms with Crippen LogP contribution in [0, 0.1) is 0 Å². The number of nitrogens with one attached hydrogen (secondary N) is 1. The van der Waals surface area contributed by atoms with Gasteiger partial charge in [0.2, 0.25) is 0 Å². The van der Waals surface area contributed by atoms with E-state index in [1.165, 1.54) is 0 Å². The van der Waals surface area contributed by atoms with Gasteiger partial charge in [-0.1, -0.05) is 41.9 Å². The molecule has 1 aromatic heterocycles. The monoisotopic (exact) mass is 328 g/mol. The highest BCUT2D eigenvalue weighted by Crippen LogP contribution is 2.30. The number of hydrogen-bond donors (Lipinski definition) is 1. The molecule has 18 heavy (non-hydrogen) atoms. The summed E-state index contributed by atoms with van der Waals surface area (Å²) in [7, 11) is 1.87. The molecule has 0 fully saturated rings. The predicted molar refractivity (Wildman–Crippen MR) is 75.7 cm³/mol. The van der Waals surface area contributed by atoms with Crippen molar-refractivity contribution in [3.05, 3.63) is 45.1 Å². The summed E-state index contributed by atoms with van der Waals surface area (Å²) in [6.45, 7) is 2.88. The molecule has 0 amide bonds. The molecule has 0 spiro atoms. The van der Waals surface area contributed by atoms with E-state index in [1.807, 2.05) is 31.3 Å². The third-order valence-electron chi connectivity index (χ3n) is 2.72. The van der Waals surface area contributed by atoms with Gasteiger partial charge < -0.3 is 5.32 Å². The van der Waals surface area contributed by atoms with Gasteiger partial charge >= 0.3 is 0 Å². The average molecular weight is 330 g/mol. The highest BCUT2D eigenvalue weighted by atomic mass is 79.9. The van der Waals surface area contributed by atoms with Gasteiger partial charge in [0.25, 0.3) is 0 Å². The number of rotatable bonds is 4. The van der Waals surface area contributed by atoms with E-state index in [1.54, 1.807) is 4.68 Å². The quantitative estimate of drug-likeness (QED) is 0.938. The molecule has 0 radical (unpaired) electrons. The molecule has 1 aromatic carbocycles. The topological polar surface area (TPSA) is 42.7 Å². The lowest BCUT2D eigenvalue weighted by Gasteiger charge is -2.19. The van der Waals surface area contributed by atoms with Crippen molar-refractivity contribution in [3.63, 3.8) is 0 Å². The number of hydrogen-bond acceptors (Lipinski definition) is 3. The fourth-order valence-corrected chi connectivity index (χ4v) is 2.71. The lowest BCUT2D eigenvalue weighted by atomic mass is 10.0. The molecule has 2 rings (SSSR count). The molecule has 0 saturated carbocycles. The molecule has 0 saturated heterocycles. The SMILES string of the molecule is CCNC(c1ccccc1Cl)c1c(Br)nnn1C. The number of aromatic nitrogens is 3. The van der Waals surface area contributed by atoms with Gasteiger partial charge in [-0.15, -0.1) is 5.10 Å². The highest BCUT2D eigenvalue weighted by Gasteiger charge is 2.22. The summed E-state index contributed by atoms with van der Waals surface area (Å²) >= 11 is 9.70. The molecule has 96 valence electrons. The van der Waals surface area contributed by atoms with E-state index in [-0.39, 0.29) is 6.04 Å². The normalized spacial score (nSPS) is 12.7. The van der Waals surface area contributed by atoms with Crippen molar-refractivity contribution in [1.29, 1.82) is 0 Å². The molecule has 6 heteroatoms. The number of halogens is 2. The molecule has 1 N–H and O–H groups in total. The zero-order valence-corrected chi connectivity index (χ0v) is 12.5. The molecular formula is C12H14BrClN4. The summed E-state index contributed by atoms with van der Waals surface area (Å²) in [6, 6.07) is 7.76. The maximum atomic E-state index is 6.27. The Kier molecular flexibility index (Phi) is 4.37. The summed E-state index contributed by atoms with van der Waals surface area (Å²) in [6.07, 6.45) is 0. The van der Waals surface area contributed by atoms with Crippen LogP contribution >= 0.6 is 27.5 Å². The van der Waals surface area contributed by atoms with Crippen molar-refractivity contribution in [3.8, 4) is 0 Å². The number of nitrogens with zero attached hydrogens (tertiary/aromatic N) is 3. The van der Waals surface area contributed by atoms with Gasteiger partial charge in [0.1, 0.15) is 0 Å². The van der Waals surface area contributed by atoms with Crippen LogP contribution in [-0.4, -0.2) is 21.5 Å². The van der Waals surface area contributed by atoms with Gasteiger partial charge in [0.05, 0.1) is 11.7 Å². The summed E-state index contributed by atoms with van der Waals surface area (Å²) in [5.74, 6) is 0. The van der Waals surface area contributed by atoms with Crippen LogP contribution in [0.3, 0.4) is 0 Å². The van der Waals surface area contributed by atoms with Crippen molar-refractivity contribution >= 4 is 27.5 Å². The van der Waals surface area contributed by atoms with Crippen LogP contribution < -0.4 is 5.32 Å². The second-order valence-electron chi connectivity index (χ2n) is 3.90. The van der Waals surface area contributed by atoms with Gasteiger partial charge in [-0.05, 0) is 34.1 Å². The smallest absolute Gasteiger partial charge is 0.153 e. The summed E-state index contributed by atoms with van der Waals surface area (Å²) < 4.78 is 2.48. The third kappa shape index (κ3) is 2.58. The largest absolute Gasteiger partial charge is 0.305 e. The molecular weight excluding hydrogens is 316 g/mol. The average Bonchev–Trinajstić information content (AvgIpc) is 2.68. The van der Waals surface area contributed by atoms with E-state index in [0.717, 1.165) is 27.4 Å². The number of aryl methyl sites for hydroxylation is 1. The van der Waals surface area contributed by atoms with E-state index in [9.17, 15) is 0 Å². The minimum atomic E-state index is -0.0296. The van der Waals surface area contributed by atoms with E-state index in [2.05, 4.69) is 38.5 Å². The molecule has 1 unspecified atom stereocenters. The first-order valence-electron chi connectivity index (χ1n) is 5.68. The van der Waals surface area contributed by atoms with E-state index >= 15 is 0 Å². The van der Waals surface area contributed by atoms with Gasteiger partial charge in [-0.25, -0.2) is 4.68 Å². The Balaban J connectivity index is 2.50. The fraction of sp³-hybridized carbons (Fsp3) is 0.333. The van der Waals surface area contributed by atoms with E-state index in [0.29, 0.717) is 0 Å². The van der Waals surface area contributed by atoms with Crippen LogP contribution in [0.1, 0.15) is 24.2 Å². The van der Waals surface area contributed by atoms with E-state index in [4.69, 9.17) is 11.6 Å². The zero-order chi connectivity index (χ0) is 13.1. The Bertz CT molecular complexity index is 521. The predicted octanol–water partition coefficient (Wildman–Crippen LogP) is 2.93. The molecule has 0 aliphatic carbocycles. The second-order valence-corrected chi connectivity index (χ2v) is 5.06. The summed E-state index contributed by atoms with van der Waals surface area (Å²) in [5, 5.41) is 12.2. The third-order valence-corrected chi connectivity index (χ3v) is 3.63. The lowest BCUT2D eigenvalue weighted by Crippen LogP contribution is -2.24. The molecule has 2 aromatic rings. The minimum Gasteiger partial charge on any atom is -0.305 e. The molecule has 1 atom stereocenters. The highest BCUT2D eigenvalue weighted by molar-refractivity contribution is 9.10. The Morgan fingerprint density at radius 2 is 2.17 bits per heavy atom. The molecule has 0 bridgehead atoms. The maximum Gasteiger partial charge on any atom is 0.153 e. The van der Waals surface area contributed by atoms with Crippen LogP contribution in [0.2, 0.25) is 5.02 Å². The van der Waals surface area contributed by atoms with Crippen molar-refractivity contribution in [1.82, 2.24) is 20.3 Å². The van der Waals surface area contributed by atoms with Crippen molar-refractivity contribution in [2.45, 2.75) is 13.0 Å². The lowest BCUT2D eigenvalue weighted by molar-refractivity contribution is 0.567. The standard InChI is InChI=1S/C12H14BrClN4/c1-3-15-10(8-6-4-5-7-9(8)14)11-12(13)16-17-18(11)2/h4-7,10,15H,3H2,1-2H3. The fourth-order valence-electron chi connectivity index (χ4n) is 1.91. The van der Waals surface area contributed by atoms with Crippen LogP contribution in [0.25, 0.3) is 0 Å². The van der Waals surface area contributed by atoms with Gasteiger partial charge in [0.15, 0.2) is 4.60 Å². The first-order valence-corrected chi connectivity index (χ1v) is 6.85. The summed E-state index contributed by atoms with van der Waals surface area (Å²) in [4.78, 5) is 0.